The van der Waals surface area contributed by atoms with E-state index in [1.54, 1.807) is 26.0 Å². The molecule has 0 saturated carbocycles. The van der Waals surface area contributed by atoms with E-state index in [0.717, 1.165) is 28.4 Å². The monoisotopic (exact) mass is 251 g/mol. The molecule has 0 amide bonds. The van der Waals surface area contributed by atoms with E-state index in [2.05, 4.69) is 5.92 Å². The summed E-state index contributed by atoms with van der Waals surface area (Å²) < 4.78 is 10.7. The van der Waals surface area contributed by atoms with E-state index >= 15 is 0 Å². The summed E-state index contributed by atoms with van der Waals surface area (Å²) in [5.41, 5.74) is 6.62. The van der Waals surface area contributed by atoms with Crippen LogP contribution in [0.1, 0.15) is 5.56 Å². The average molecular weight is 251 g/mol. The van der Waals surface area contributed by atoms with Crippen LogP contribution in [0, 0.1) is 12.3 Å². The minimum absolute atomic E-state index is 0.580. The van der Waals surface area contributed by atoms with Gasteiger partial charge in [-0.1, -0.05) is 5.92 Å². The molecule has 0 bridgehead atoms. The fraction of sp³-hybridized carbons (Fsp3) is 0.385. The Morgan fingerprint density at radius 3 is 2.53 bits per heavy atom. The summed E-state index contributed by atoms with van der Waals surface area (Å²) in [6, 6.07) is 3.91. The highest BCUT2D eigenvalue weighted by molar-refractivity contribution is 7.99. The lowest BCUT2D eigenvalue weighted by atomic mass is 10.1. The van der Waals surface area contributed by atoms with Crippen LogP contribution in [0.5, 0.6) is 11.5 Å². The number of nitrogens with two attached hydrogens (primary N) is 1. The van der Waals surface area contributed by atoms with Crippen molar-refractivity contribution in [3.63, 3.8) is 0 Å². The van der Waals surface area contributed by atoms with Crippen molar-refractivity contribution in [2.24, 2.45) is 5.73 Å². The Labute approximate surface area is 107 Å². The van der Waals surface area contributed by atoms with Crippen molar-refractivity contribution >= 4 is 11.8 Å². The predicted molar refractivity (Wildman–Crippen MR) is 71.9 cm³/mol. The van der Waals surface area contributed by atoms with Gasteiger partial charge in [0.15, 0.2) is 0 Å². The SMILES string of the molecule is C#CCSc1cc(OC)c(CCN)cc1OC. The first-order chi connectivity index (χ1) is 8.26. The highest BCUT2D eigenvalue weighted by atomic mass is 32.2. The Bertz CT molecular complexity index is 413. The molecule has 0 spiro atoms. The summed E-state index contributed by atoms with van der Waals surface area (Å²) in [5, 5.41) is 0. The second kappa shape index (κ2) is 7.10. The zero-order valence-corrected chi connectivity index (χ0v) is 11.0. The molecule has 0 radical (unpaired) electrons. The molecule has 0 aliphatic heterocycles. The number of terminal acetylenes is 1. The maximum atomic E-state index is 5.57. The second-order valence-corrected chi connectivity index (χ2v) is 4.36. The number of benzene rings is 1. The minimum Gasteiger partial charge on any atom is -0.496 e. The maximum Gasteiger partial charge on any atom is 0.132 e. The molecule has 3 nitrogen and oxygen atoms in total. The molecule has 0 aliphatic rings. The number of ether oxygens (including phenoxy) is 2. The van der Waals surface area contributed by atoms with Crippen LogP contribution < -0.4 is 15.2 Å². The van der Waals surface area contributed by atoms with Crippen molar-refractivity contribution in [2.75, 3.05) is 26.5 Å². The number of methoxy groups -OCH3 is 2. The Kier molecular flexibility index (Phi) is 5.75. The lowest BCUT2D eigenvalue weighted by Crippen LogP contribution is -2.05. The van der Waals surface area contributed by atoms with Crippen molar-refractivity contribution in [2.45, 2.75) is 11.3 Å². The molecule has 0 aromatic heterocycles. The lowest BCUT2D eigenvalue weighted by Gasteiger charge is -2.13. The van der Waals surface area contributed by atoms with Crippen LogP contribution in [-0.4, -0.2) is 26.5 Å². The van der Waals surface area contributed by atoms with Gasteiger partial charge in [0.1, 0.15) is 11.5 Å². The summed E-state index contributed by atoms with van der Waals surface area (Å²) in [5.74, 6) is 4.84. The van der Waals surface area contributed by atoms with Gasteiger partial charge in [-0.15, -0.1) is 18.2 Å². The van der Waals surface area contributed by atoms with Gasteiger partial charge in [-0.3, -0.25) is 0 Å². The van der Waals surface area contributed by atoms with Gasteiger partial charge >= 0.3 is 0 Å². The first-order valence-corrected chi connectivity index (χ1v) is 6.26. The van der Waals surface area contributed by atoms with Crippen molar-refractivity contribution in [3.05, 3.63) is 17.7 Å². The van der Waals surface area contributed by atoms with Crippen LogP contribution >= 0.6 is 11.8 Å². The van der Waals surface area contributed by atoms with E-state index in [4.69, 9.17) is 21.6 Å². The zero-order valence-electron chi connectivity index (χ0n) is 10.2. The molecule has 4 heteroatoms. The highest BCUT2D eigenvalue weighted by Gasteiger charge is 2.10. The van der Waals surface area contributed by atoms with Crippen LogP contribution in [0.15, 0.2) is 17.0 Å². The van der Waals surface area contributed by atoms with E-state index < -0.39 is 0 Å². The summed E-state index contributed by atoms with van der Waals surface area (Å²) in [6.07, 6.45) is 6.02. The molecular formula is C13H17NO2S. The smallest absolute Gasteiger partial charge is 0.132 e. The molecule has 0 unspecified atom stereocenters. The summed E-state index contributed by atoms with van der Waals surface area (Å²) in [6.45, 7) is 0.580. The normalized spacial score (nSPS) is 9.76. The van der Waals surface area contributed by atoms with Crippen molar-refractivity contribution in [3.8, 4) is 23.8 Å². The zero-order chi connectivity index (χ0) is 12.7. The molecule has 17 heavy (non-hydrogen) atoms. The van der Waals surface area contributed by atoms with Gasteiger partial charge in [-0.05, 0) is 30.7 Å². The van der Waals surface area contributed by atoms with E-state index in [0.29, 0.717) is 12.3 Å². The van der Waals surface area contributed by atoms with Crippen LogP contribution in [0.2, 0.25) is 0 Å². The Hall–Kier alpha value is -1.31. The van der Waals surface area contributed by atoms with Gasteiger partial charge in [0.05, 0.1) is 24.9 Å². The number of hydrogen-bond donors (Lipinski definition) is 1. The molecule has 0 fully saturated rings. The Balaban J connectivity index is 3.09. The number of rotatable bonds is 6. The first-order valence-electron chi connectivity index (χ1n) is 5.28. The van der Waals surface area contributed by atoms with E-state index in [9.17, 15) is 0 Å². The third-order valence-electron chi connectivity index (χ3n) is 2.29. The van der Waals surface area contributed by atoms with Crippen LogP contribution in [-0.2, 0) is 6.42 Å². The largest absolute Gasteiger partial charge is 0.496 e. The molecule has 1 aromatic carbocycles. The maximum absolute atomic E-state index is 5.57. The van der Waals surface area contributed by atoms with Gasteiger partial charge in [0, 0.05) is 0 Å². The van der Waals surface area contributed by atoms with Gasteiger partial charge in [-0.25, -0.2) is 0 Å². The fourth-order valence-electron chi connectivity index (χ4n) is 1.52. The Morgan fingerprint density at radius 1 is 1.29 bits per heavy atom. The number of thioether (sulfide) groups is 1. The average Bonchev–Trinajstić information content (AvgIpc) is 2.36. The first kappa shape index (κ1) is 13.8. The number of hydrogen-bond acceptors (Lipinski definition) is 4. The molecule has 1 aromatic rings. The summed E-state index contributed by atoms with van der Waals surface area (Å²) in [4.78, 5) is 0.989. The molecule has 0 saturated heterocycles. The third-order valence-corrected chi connectivity index (χ3v) is 3.23. The van der Waals surface area contributed by atoms with Crippen LogP contribution in [0.3, 0.4) is 0 Å². The fourth-order valence-corrected chi connectivity index (χ4v) is 2.23. The molecule has 0 aliphatic carbocycles. The molecule has 92 valence electrons. The van der Waals surface area contributed by atoms with E-state index in [-0.39, 0.29) is 0 Å². The third kappa shape index (κ3) is 3.58. The van der Waals surface area contributed by atoms with Crippen LogP contribution in [0.4, 0.5) is 0 Å². The second-order valence-electron chi connectivity index (χ2n) is 3.35. The quantitative estimate of drug-likeness (QED) is 0.620. The summed E-state index contributed by atoms with van der Waals surface area (Å²) >= 11 is 1.56. The minimum atomic E-state index is 0.580. The summed E-state index contributed by atoms with van der Waals surface area (Å²) in [7, 11) is 3.30. The van der Waals surface area contributed by atoms with Crippen molar-refractivity contribution in [1.29, 1.82) is 0 Å². The highest BCUT2D eigenvalue weighted by Crippen LogP contribution is 2.35. The predicted octanol–water partition coefficient (Wildman–Crippen LogP) is 1.93. The van der Waals surface area contributed by atoms with E-state index in [1.807, 2.05) is 12.1 Å². The standard InChI is InChI=1S/C13H17NO2S/c1-4-7-17-13-9-11(15-2)10(5-6-14)8-12(13)16-3/h1,8-9H,5-7,14H2,2-3H3. The van der Waals surface area contributed by atoms with Gasteiger partial charge in [-0.2, -0.15) is 0 Å². The van der Waals surface area contributed by atoms with Crippen molar-refractivity contribution in [1.82, 2.24) is 0 Å². The van der Waals surface area contributed by atoms with Gasteiger partial charge < -0.3 is 15.2 Å². The molecule has 0 atom stereocenters. The van der Waals surface area contributed by atoms with Crippen LogP contribution in [0.25, 0.3) is 0 Å². The Morgan fingerprint density at radius 2 is 2.00 bits per heavy atom. The lowest BCUT2D eigenvalue weighted by molar-refractivity contribution is 0.390. The van der Waals surface area contributed by atoms with E-state index in [1.165, 1.54) is 0 Å². The molecule has 1 rings (SSSR count). The van der Waals surface area contributed by atoms with Gasteiger partial charge in [0.2, 0.25) is 0 Å². The van der Waals surface area contributed by atoms with Gasteiger partial charge in [0.25, 0.3) is 0 Å². The van der Waals surface area contributed by atoms with Crippen molar-refractivity contribution < 1.29 is 9.47 Å². The topological polar surface area (TPSA) is 44.5 Å². The molecular weight excluding hydrogens is 234 g/mol. The molecule has 2 N–H and O–H groups in total. The molecule has 0 heterocycles.